The van der Waals surface area contributed by atoms with Gasteiger partial charge < -0.3 is 0 Å². The van der Waals surface area contributed by atoms with Crippen LogP contribution in [0.25, 0.3) is 11.0 Å². The van der Waals surface area contributed by atoms with Gasteiger partial charge in [-0.2, -0.15) is 5.10 Å². The van der Waals surface area contributed by atoms with E-state index in [0.29, 0.717) is 17.6 Å². The van der Waals surface area contributed by atoms with Gasteiger partial charge in [-0.05, 0) is 44.9 Å². The minimum atomic E-state index is -0.0451. The fraction of sp³-hybridized carbons (Fsp3) is 0.375. The highest BCUT2D eigenvalue weighted by atomic mass is 16.1. The number of pyridine rings is 1. The lowest BCUT2D eigenvalue weighted by Gasteiger charge is -2.07. The molecule has 0 aliphatic heterocycles. The molecule has 22 heavy (non-hydrogen) atoms. The molecule has 0 unspecified atom stereocenters. The first-order chi connectivity index (χ1) is 10.6. The van der Waals surface area contributed by atoms with Gasteiger partial charge >= 0.3 is 0 Å². The Kier molecular flexibility index (Phi) is 3.75. The van der Waals surface area contributed by atoms with Crippen LogP contribution in [-0.2, 0) is 19.5 Å². The Morgan fingerprint density at radius 2 is 2.05 bits per heavy atom. The molecule has 6 heteroatoms. The number of rotatable bonds is 4. The largest absolute Gasteiger partial charge is 0.298 e. The summed E-state index contributed by atoms with van der Waals surface area (Å²) in [6, 6.07) is 3.52. The topological polar surface area (TPSA) is 65.6 Å². The summed E-state index contributed by atoms with van der Waals surface area (Å²) in [6.07, 6.45) is 3.99. The van der Waals surface area contributed by atoms with Gasteiger partial charge in [-0.3, -0.25) is 14.0 Å². The molecule has 0 radical (unpaired) electrons. The summed E-state index contributed by atoms with van der Waals surface area (Å²) < 4.78 is 3.64. The molecular formula is C16H19N5O. The van der Waals surface area contributed by atoms with Crippen molar-refractivity contribution in [3.05, 3.63) is 52.0 Å². The van der Waals surface area contributed by atoms with Gasteiger partial charge in [-0.1, -0.05) is 0 Å². The van der Waals surface area contributed by atoms with Gasteiger partial charge in [0.2, 0.25) is 0 Å². The van der Waals surface area contributed by atoms with E-state index in [2.05, 4.69) is 28.9 Å². The Morgan fingerprint density at radius 1 is 1.23 bits per heavy atom. The average molecular weight is 297 g/mol. The maximum absolute atomic E-state index is 12.4. The molecule has 3 heterocycles. The molecular weight excluding hydrogens is 278 g/mol. The zero-order valence-corrected chi connectivity index (χ0v) is 13.1. The summed E-state index contributed by atoms with van der Waals surface area (Å²) in [7, 11) is 0. The molecule has 0 fully saturated rings. The van der Waals surface area contributed by atoms with E-state index in [-0.39, 0.29) is 5.56 Å². The molecule has 0 atom stereocenters. The van der Waals surface area contributed by atoms with Gasteiger partial charge in [0.15, 0.2) is 5.65 Å². The summed E-state index contributed by atoms with van der Waals surface area (Å²) in [6.45, 7) is 7.61. The van der Waals surface area contributed by atoms with E-state index in [4.69, 9.17) is 0 Å². The zero-order chi connectivity index (χ0) is 15.7. The first-order valence-electron chi connectivity index (χ1n) is 7.45. The lowest BCUT2D eigenvalue weighted by molar-refractivity contribution is 0.629. The smallest absolute Gasteiger partial charge is 0.262 e. The fourth-order valence-electron chi connectivity index (χ4n) is 2.79. The molecule has 0 aliphatic carbocycles. The third-order valence-electron chi connectivity index (χ3n) is 4.03. The Labute approximate surface area is 128 Å². The molecule has 0 aromatic carbocycles. The second-order valence-electron chi connectivity index (χ2n) is 5.33. The van der Waals surface area contributed by atoms with E-state index in [0.717, 1.165) is 18.7 Å². The Bertz CT molecular complexity index is 878. The van der Waals surface area contributed by atoms with Crippen molar-refractivity contribution >= 4 is 11.0 Å². The first kappa shape index (κ1) is 14.4. The average Bonchev–Trinajstić information content (AvgIpc) is 2.81. The molecule has 0 saturated carbocycles. The number of hydrogen-bond donors (Lipinski definition) is 0. The van der Waals surface area contributed by atoms with Crippen LogP contribution in [0.2, 0.25) is 0 Å². The molecule has 0 aliphatic rings. The highest BCUT2D eigenvalue weighted by molar-refractivity contribution is 5.72. The maximum atomic E-state index is 12.4. The van der Waals surface area contributed by atoms with Crippen LogP contribution in [-0.4, -0.2) is 24.3 Å². The highest BCUT2D eigenvalue weighted by Gasteiger charge is 2.11. The van der Waals surface area contributed by atoms with Crippen molar-refractivity contribution in [2.45, 2.75) is 40.3 Å². The number of hydrogen-bond acceptors (Lipinski definition) is 4. The quantitative estimate of drug-likeness (QED) is 0.737. The van der Waals surface area contributed by atoms with Crippen molar-refractivity contribution in [3.8, 4) is 0 Å². The minimum absolute atomic E-state index is 0.0451. The van der Waals surface area contributed by atoms with Gasteiger partial charge in [0.25, 0.3) is 5.56 Å². The van der Waals surface area contributed by atoms with Crippen molar-refractivity contribution in [2.24, 2.45) is 0 Å². The van der Waals surface area contributed by atoms with Crippen LogP contribution in [0.5, 0.6) is 0 Å². The maximum Gasteiger partial charge on any atom is 0.262 e. The first-order valence-corrected chi connectivity index (χ1v) is 7.45. The van der Waals surface area contributed by atoms with Crippen molar-refractivity contribution < 1.29 is 0 Å². The van der Waals surface area contributed by atoms with Crippen LogP contribution in [0.4, 0.5) is 0 Å². The number of nitrogens with zero attached hydrogens (tertiary/aromatic N) is 5. The van der Waals surface area contributed by atoms with E-state index < -0.39 is 0 Å². The summed E-state index contributed by atoms with van der Waals surface area (Å²) >= 11 is 0. The van der Waals surface area contributed by atoms with E-state index in [1.165, 1.54) is 11.3 Å². The lowest BCUT2D eigenvalue weighted by atomic mass is 10.1. The molecule has 0 N–H and O–H groups in total. The predicted molar refractivity (Wildman–Crippen MR) is 84.9 cm³/mol. The van der Waals surface area contributed by atoms with Crippen LogP contribution in [0.3, 0.4) is 0 Å². The van der Waals surface area contributed by atoms with Crippen LogP contribution >= 0.6 is 0 Å². The SMILES string of the molecule is CCn1nc(C)c(CCn2cnc3ncccc3c2=O)c1C. The van der Waals surface area contributed by atoms with Crippen LogP contribution in [0.15, 0.2) is 29.5 Å². The monoisotopic (exact) mass is 297 g/mol. The zero-order valence-electron chi connectivity index (χ0n) is 13.1. The van der Waals surface area contributed by atoms with Crippen LogP contribution in [0.1, 0.15) is 23.9 Å². The van der Waals surface area contributed by atoms with Crippen molar-refractivity contribution in [1.82, 2.24) is 24.3 Å². The molecule has 0 saturated heterocycles. The molecule has 114 valence electrons. The van der Waals surface area contributed by atoms with Crippen LogP contribution in [0, 0.1) is 13.8 Å². The summed E-state index contributed by atoms with van der Waals surface area (Å²) in [5.74, 6) is 0. The normalized spacial score (nSPS) is 11.2. The van der Waals surface area contributed by atoms with E-state index in [9.17, 15) is 4.79 Å². The fourth-order valence-corrected chi connectivity index (χ4v) is 2.79. The lowest BCUT2D eigenvalue weighted by Crippen LogP contribution is -2.22. The van der Waals surface area contributed by atoms with Crippen molar-refractivity contribution in [2.75, 3.05) is 0 Å². The summed E-state index contributed by atoms with van der Waals surface area (Å²) in [5.41, 5.74) is 3.86. The number of aromatic nitrogens is 5. The van der Waals surface area contributed by atoms with Gasteiger partial charge in [0, 0.05) is 25.0 Å². The third kappa shape index (κ3) is 2.41. The molecule has 6 nitrogen and oxygen atoms in total. The molecule has 0 bridgehead atoms. The van der Waals surface area contributed by atoms with Crippen LogP contribution < -0.4 is 5.56 Å². The number of fused-ring (bicyclic) bond motifs is 1. The molecule has 3 aromatic heterocycles. The van der Waals surface area contributed by atoms with Gasteiger partial charge in [0.05, 0.1) is 17.4 Å². The van der Waals surface area contributed by atoms with E-state index in [1.807, 2.05) is 11.6 Å². The van der Waals surface area contributed by atoms with E-state index >= 15 is 0 Å². The van der Waals surface area contributed by atoms with Crippen molar-refractivity contribution in [3.63, 3.8) is 0 Å². The number of aryl methyl sites for hydroxylation is 3. The molecule has 0 amide bonds. The Balaban J connectivity index is 1.90. The van der Waals surface area contributed by atoms with Gasteiger partial charge in [-0.15, -0.1) is 0 Å². The second kappa shape index (κ2) is 5.71. The molecule has 3 aromatic rings. The van der Waals surface area contributed by atoms with Gasteiger partial charge in [0.1, 0.15) is 0 Å². The second-order valence-corrected chi connectivity index (χ2v) is 5.33. The van der Waals surface area contributed by atoms with Gasteiger partial charge in [-0.25, -0.2) is 9.97 Å². The summed E-state index contributed by atoms with van der Waals surface area (Å²) in [4.78, 5) is 20.8. The molecule has 0 spiro atoms. The minimum Gasteiger partial charge on any atom is -0.298 e. The van der Waals surface area contributed by atoms with Crippen molar-refractivity contribution in [1.29, 1.82) is 0 Å². The highest BCUT2D eigenvalue weighted by Crippen LogP contribution is 2.14. The Hall–Kier alpha value is -2.50. The predicted octanol–water partition coefficient (Wildman–Crippen LogP) is 1.87. The summed E-state index contributed by atoms with van der Waals surface area (Å²) in [5, 5.41) is 5.08. The Morgan fingerprint density at radius 3 is 2.77 bits per heavy atom. The van der Waals surface area contributed by atoms with E-state index in [1.54, 1.807) is 29.2 Å². The standard InChI is InChI=1S/C16H19N5O/c1-4-21-12(3)13(11(2)19-21)7-9-20-10-18-15-14(16(20)22)6-5-8-17-15/h5-6,8,10H,4,7,9H2,1-3H3. The molecule has 3 rings (SSSR count). The third-order valence-corrected chi connectivity index (χ3v) is 4.03.